The van der Waals surface area contributed by atoms with E-state index in [4.69, 9.17) is 11.6 Å². The maximum Gasteiger partial charge on any atom is 0.471 e. The Morgan fingerprint density at radius 1 is 1.26 bits per heavy atom. The van der Waals surface area contributed by atoms with E-state index < -0.39 is 23.5 Å². The zero-order chi connectivity index (χ0) is 25.3. The molecule has 0 aliphatic heterocycles. The molecule has 2 N–H and O–H groups in total. The first-order chi connectivity index (χ1) is 16.6. The van der Waals surface area contributed by atoms with Crippen molar-refractivity contribution in [3.05, 3.63) is 63.2 Å². The standard InChI is InChI=1S/C21H14ClF4N5O3S/c22-13-5-8-35-18(13)16-15(29-20(34)21(24,25)26)14-17(19(33)28-9-27-14)31(16)7-6-30(10-32)12-3-1-11(23)2-4-12/h1-5,8-10H,6-7H2,(H,29,34)(H,27,28,33). The zero-order valence-corrected chi connectivity index (χ0v) is 19.0. The maximum absolute atomic E-state index is 13.3. The Morgan fingerprint density at radius 2 is 1.97 bits per heavy atom. The van der Waals surface area contributed by atoms with Crippen LogP contribution in [0.2, 0.25) is 5.02 Å². The molecule has 0 unspecified atom stereocenters. The molecular formula is C21H14ClF4N5O3S. The van der Waals surface area contributed by atoms with Gasteiger partial charge in [0.1, 0.15) is 16.9 Å². The molecule has 182 valence electrons. The molecule has 8 nitrogen and oxygen atoms in total. The number of fused-ring (bicyclic) bond motifs is 1. The molecule has 4 rings (SSSR count). The Hall–Kier alpha value is -3.71. The summed E-state index contributed by atoms with van der Waals surface area (Å²) < 4.78 is 53.9. The van der Waals surface area contributed by atoms with Crippen LogP contribution in [0, 0.1) is 5.82 Å². The normalized spacial score (nSPS) is 11.6. The van der Waals surface area contributed by atoms with Gasteiger partial charge in [0, 0.05) is 18.8 Å². The number of aromatic amines is 1. The molecule has 3 aromatic heterocycles. The van der Waals surface area contributed by atoms with Gasteiger partial charge in [0.25, 0.3) is 5.56 Å². The molecule has 0 fully saturated rings. The van der Waals surface area contributed by atoms with Crippen molar-refractivity contribution >= 4 is 57.7 Å². The summed E-state index contributed by atoms with van der Waals surface area (Å²) in [5, 5.41) is 3.58. The maximum atomic E-state index is 13.3. The van der Waals surface area contributed by atoms with Crippen molar-refractivity contribution in [3.8, 4) is 10.6 Å². The third-order valence-corrected chi connectivity index (χ3v) is 6.37. The van der Waals surface area contributed by atoms with Gasteiger partial charge in [-0.3, -0.25) is 14.4 Å². The van der Waals surface area contributed by atoms with E-state index in [1.807, 2.05) is 5.32 Å². The van der Waals surface area contributed by atoms with Crippen LogP contribution >= 0.6 is 22.9 Å². The summed E-state index contributed by atoms with van der Waals surface area (Å²) in [6.07, 6.45) is -3.72. The van der Waals surface area contributed by atoms with Crippen molar-refractivity contribution in [2.75, 3.05) is 16.8 Å². The second-order valence-electron chi connectivity index (χ2n) is 7.13. The average molecular weight is 528 g/mol. The van der Waals surface area contributed by atoms with Gasteiger partial charge in [0.2, 0.25) is 6.41 Å². The molecule has 3 heterocycles. The quantitative estimate of drug-likeness (QED) is 0.275. The third kappa shape index (κ3) is 4.77. The minimum atomic E-state index is -5.21. The fraction of sp³-hybridized carbons (Fsp3) is 0.143. The van der Waals surface area contributed by atoms with E-state index in [0.29, 0.717) is 12.1 Å². The van der Waals surface area contributed by atoms with E-state index in [0.717, 1.165) is 29.8 Å². The Morgan fingerprint density at radius 3 is 2.57 bits per heavy atom. The highest BCUT2D eigenvalue weighted by atomic mass is 35.5. The zero-order valence-electron chi connectivity index (χ0n) is 17.4. The van der Waals surface area contributed by atoms with E-state index in [1.54, 1.807) is 5.38 Å². The first-order valence-electron chi connectivity index (χ1n) is 9.80. The van der Waals surface area contributed by atoms with Crippen LogP contribution in [0.5, 0.6) is 0 Å². The first-order valence-corrected chi connectivity index (χ1v) is 11.1. The lowest BCUT2D eigenvalue weighted by atomic mass is 10.2. The highest BCUT2D eigenvalue weighted by Crippen LogP contribution is 2.42. The number of alkyl halides is 3. The molecule has 0 aliphatic carbocycles. The van der Waals surface area contributed by atoms with Crippen LogP contribution in [-0.4, -0.2) is 39.6 Å². The smallest absolute Gasteiger partial charge is 0.330 e. The second kappa shape index (κ2) is 9.50. The lowest BCUT2D eigenvalue weighted by Gasteiger charge is -2.19. The predicted octanol–water partition coefficient (Wildman–Crippen LogP) is 4.41. The minimum Gasteiger partial charge on any atom is -0.330 e. The summed E-state index contributed by atoms with van der Waals surface area (Å²) in [6.45, 7) is -0.164. The molecule has 2 amide bonds. The number of anilines is 2. The van der Waals surface area contributed by atoms with Crippen LogP contribution in [0.25, 0.3) is 21.6 Å². The number of amides is 2. The number of carbonyl (C=O) groups is 2. The minimum absolute atomic E-state index is 0.0201. The number of H-pyrrole nitrogens is 1. The summed E-state index contributed by atoms with van der Waals surface area (Å²) in [4.78, 5) is 44.1. The van der Waals surface area contributed by atoms with Crippen molar-refractivity contribution in [1.29, 1.82) is 0 Å². The summed E-state index contributed by atoms with van der Waals surface area (Å²) in [6, 6.07) is 6.57. The summed E-state index contributed by atoms with van der Waals surface area (Å²) in [5.41, 5.74) is -0.981. The van der Waals surface area contributed by atoms with Gasteiger partial charge in [0.15, 0.2) is 0 Å². The number of thiophene rings is 1. The van der Waals surface area contributed by atoms with Crippen LogP contribution in [0.4, 0.5) is 28.9 Å². The number of rotatable bonds is 7. The number of aromatic nitrogens is 3. The average Bonchev–Trinajstić information content (AvgIpc) is 3.36. The number of benzene rings is 1. The Kier molecular flexibility index (Phi) is 6.63. The van der Waals surface area contributed by atoms with Crippen molar-refractivity contribution in [2.45, 2.75) is 12.7 Å². The number of hydrogen-bond acceptors (Lipinski definition) is 5. The lowest BCUT2D eigenvalue weighted by Crippen LogP contribution is -2.30. The van der Waals surface area contributed by atoms with Gasteiger partial charge < -0.3 is 19.8 Å². The second-order valence-corrected chi connectivity index (χ2v) is 8.45. The van der Waals surface area contributed by atoms with Crippen LogP contribution in [0.3, 0.4) is 0 Å². The molecule has 0 spiro atoms. The number of nitrogens with one attached hydrogen (secondary N) is 2. The van der Waals surface area contributed by atoms with Gasteiger partial charge in [-0.25, -0.2) is 9.37 Å². The number of carbonyl (C=O) groups excluding carboxylic acids is 2. The van der Waals surface area contributed by atoms with Gasteiger partial charge in [-0.05, 0) is 35.7 Å². The molecule has 14 heteroatoms. The van der Waals surface area contributed by atoms with Gasteiger partial charge in [-0.1, -0.05) is 11.6 Å². The van der Waals surface area contributed by atoms with Crippen molar-refractivity contribution in [1.82, 2.24) is 14.5 Å². The largest absolute Gasteiger partial charge is 0.471 e. The highest BCUT2D eigenvalue weighted by Gasteiger charge is 2.40. The van der Waals surface area contributed by atoms with E-state index in [1.165, 1.54) is 27.7 Å². The summed E-state index contributed by atoms with van der Waals surface area (Å²) in [5.74, 6) is -2.76. The molecule has 0 atom stereocenters. The van der Waals surface area contributed by atoms with Crippen molar-refractivity contribution in [2.24, 2.45) is 0 Å². The Balaban J connectivity index is 1.88. The van der Waals surface area contributed by atoms with E-state index in [-0.39, 0.29) is 45.4 Å². The molecule has 4 aromatic rings. The van der Waals surface area contributed by atoms with E-state index >= 15 is 0 Å². The third-order valence-electron chi connectivity index (χ3n) is 5.02. The van der Waals surface area contributed by atoms with Crippen molar-refractivity contribution < 1.29 is 27.2 Å². The number of halogens is 5. The van der Waals surface area contributed by atoms with Crippen molar-refractivity contribution in [3.63, 3.8) is 0 Å². The molecule has 0 saturated carbocycles. The van der Waals surface area contributed by atoms with Crippen LogP contribution in [-0.2, 0) is 16.1 Å². The topological polar surface area (TPSA) is 100 Å². The monoisotopic (exact) mass is 527 g/mol. The fourth-order valence-electron chi connectivity index (χ4n) is 3.49. The molecule has 35 heavy (non-hydrogen) atoms. The van der Waals surface area contributed by atoms with Gasteiger partial charge in [0.05, 0.1) is 27.6 Å². The van der Waals surface area contributed by atoms with Gasteiger partial charge >= 0.3 is 12.1 Å². The Labute approximate surface area is 202 Å². The first kappa shape index (κ1) is 24.4. The molecule has 1 aromatic carbocycles. The fourth-order valence-corrected chi connectivity index (χ4v) is 4.70. The lowest BCUT2D eigenvalue weighted by molar-refractivity contribution is -0.167. The Bertz CT molecular complexity index is 1460. The molecule has 0 radical (unpaired) electrons. The molecule has 0 bridgehead atoms. The summed E-state index contributed by atoms with van der Waals surface area (Å²) >= 11 is 7.34. The summed E-state index contributed by atoms with van der Waals surface area (Å²) in [7, 11) is 0. The SMILES string of the molecule is O=CN(CCn1c(-c2sccc2Cl)c(NC(=O)C(F)(F)F)c2nc[nH]c(=O)c21)c1ccc(F)cc1. The van der Waals surface area contributed by atoms with Crippen LogP contribution < -0.4 is 15.8 Å². The van der Waals surface area contributed by atoms with Gasteiger partial charge in [-0.15, -0.1) is 11.3 Å². The van der Waals surface area contributed by atoms with Crippen LogP contribution in [0.15, 0.2) is 46.8 Å². The van der Waals surface area contributed by atoms with E-state index in [9.17, 15) is 31.9 Å². The number of hydrogen-bond donors (Lipinski definition) is 2. The molecular weight excluding hydrogens is 514 g/mol. The van der Waals surface area contributed by atoms with Gasteiger partial charge in [-0.2, -0.15) is 13.2 Å². The predicted molar refractivity (Wildman–Crippen MR) is 123 cm³/mol. The molecule has 0 saturated heterocycles. The van der Waals surface area contributed by atoms with E-state index in [2.05, 4.69) is 9.97 Å². The number of nitrogens with zero attached hydrogens (tertiary/aromatic N) is 3. The molecule has 0 aliphatic rings. The van der Waals surface area contributed by atoms with Crippen LogP contribution in [0.1, 0.15) is 0 Å². The highest BCUT2D eigenvalue weighted by molar-refractivity contribution is 7.14.